The fourth-order valence-electron chi connectivity index (χ4n) is 1.65. The molecule has 0 bridgehead atoms. The highest BCUT2D eigenvalue weighted by atomic mass is 16.3. The zero-order valence-electron chi connectivity index (χ0n) is 11.7. The molecular weight excluding hydrogens is 256 g/mol. The largest absolute Gasteiger partial charge is 0.395 e. The van der Waals surface area contributed by atoms with Crippen molar-refractivity contribution in [1.82, 2.24) is 10.2 Å². The first kappa shape index (κ1) is 15.9. The van der Waals surface area contributed by atoms with Crippen molar-refractivity contribution in [3.05, 3.63) is 42.0 Å². The van der Waals surface area contributed by atoms with Gasteiger partial charge in [0.15, 0.2) is 0 Å². The van der Waals surface area contributed by atoms with Crippen LogP contribution in [0.3, 0.4) is 0 Å². The molecule has 1 aromatic rings. The van der Waals surface area contributed by atoms with Crippen LogP contribution < -0.4 is 5.32 Å². The Labute approximate surface area is 118 Å². The van der Waals surface area contributed by atoms with Crippen LogP contribution in [0.1, 0.15) is 12.5 Å². The summed E-state index contributed by atoms with van der Waals surface area (Å²) in [7, 11) is 1.58. The molecule has 1 atom stereocenters. The first-order valence-corrected chi connectivity index (χ1v) is 6.44. The minimum atomic E-state index is -0.625. The molecule has 0 spiro atoms. The zero-order chi connectivity index (χ0) is 15.0. The third-order valence-electron chi connectivity index (χ3n) is 2.77. The molecule has 5 nitrogen and oxygen atoms in total. The van der Waals surface area contributed by atoms with Gasteiger partial charge in [0.25, 0.3) is 0 Å². The number of carbonyl (C=O) groups is 2. The second kappa shape index (κ2) is 8.12. The first-order valence-electron chi connectivity index (χ1n) is 6.44. The molecule has 2 N–H and O–H groups in total. The van der Waals surface area contributed by atoms with E-state index in [1.807, 2.05) is 30.3 Å². The molecule has 1 unspecified atom stereocenters. The van der Waals surface area contributed by atoms with E-state index in [-0.39, 0.29) is 25.0 Å². The molecule has 0 saturated carbocycles. The van der Waals surface area contributed by atoms with E-state index in [9.17, 15) is 9.59 Å². The molecule has 1 aromatic carbocycles. The van der Waals surface area contributed by atoms with Gasteiger partial charge in [0.2, 0.25) is 11.8 Å². The van der Waals surface area contributed by atoms with Crippen molar-refractivity contribution in [3.63, 3.8) is 0 Å². The molecule has 0 aromatic heterocycles. The average molecular weight is 276 g/mol. The van der Waals surface area contributed by atoms with Gasteiger partial charge in [-0.25, -0.2) is 0 Å². The number of carbonyl (C=O) groups excluding carboxylic acids is 2. The molecule has 0 aliphatic rings. The van der Waals surface area contributed by atoms with Gasteiger partial charge in [0.05, 0.1) is 6.61 Å². The van der Waals surface area contributed by atoms with Crippen LogP contribution in [-0.2, 0) is 9.59 Å². The zero-order valence-corrected chi connectivity index (χ0v) is 11.7. The fraction of sp³-hybridized carbons (Fsp3) is 0.333. The topological polar surface area (TPSA) is 69.6 Å². The molecule has 2 amide bonds. The Morgan fingerprint density at radius 3 is 2.60 bits per heavy atom. The maximum atomic E-state index is 11.8. The van der Waals surface area contributed by atoms with Gasteiger partial charge in [-0.15, -0.1) is 0 Å². The molecule has 0 heterocycles. The summed E-state index contributed by atoms with van der Waals surface area (Å²) in [5.41, 5.74) is 0.916. The second-order valence-electron chi connectivity index (χ2n) is 4.46. The lowest BCUT2D eigenvalue weighted by molar-refractivity contribution is -0.134. The molecule has 5 heteroatoms. The van der Waals surface area contributed by atoms with Crippen LogP contribution in [0, 0.1) is 0 Å². The van der Waals surface area contributed by atoms with Crippen LogP contribution in [0.5, 0.6) is 0 Å². The Bertz CT molecular complexity index is 471. The summed E-state index contributed by atoms with van der Waals surface area (Å²) in [5, 5.41) is 11.4. The highest BCUT2D eigenvalue weighted by Gasteiger charge is 2.17. The van der Waals surface area contributed by atoms with Gasteiger partial charge in [0.1, 0.15) is 6.04 Å². The number of nitrogens with zero attached hydrogens (tertiary/aromatic N) is 1. The third-order valence-corrected chi connectivity index (χ3v) is 2.77. The van der Waals surface area contributed by atoms with E-state index < -0.39 is 6.04 Å². The number of hydrogen-bond acceptors (Lipinski definition) is 3. The van der Waals surface area contributed by atoms with E-state index in [1.165, 1.54) is 11.0 Å². The monoisotopic (exact) mass is 276 g/mol. The quantitative estimate of drug-likeness (QED) is 0.750. The number of benzene rings is 1. The van der Waals surface area contributed by atoms with E-state index in [1.54, 1.807) is 20.0 Å². The third kappa shape index (κ3) is 5.24. The van der Waals surface area contributed by atoms with Gasteiger partial charge < -0.3 is 15.3 Å². The van der Waals surface area contributed by atoms with Crippen LogP contribution in [0.25, 0.3) is 6.08 Å². The normalized spacial score (nSPS) is 12.2. The van der Waals surface area contributed by atoms with Crippen molar-refractivity contribution in [3.8, 4) is 0 Å². The van der Waals surface area contributed by atoms with Gasteiger partial charge in [-0.3, -0.25) is 9.59 Å². The summed E-state index contributed by atoms with van der Waals surface area (Å²) in [5.74, 6) is -0.562. The van der Waals surface area contributed by atoms with Gasteiger partial charge in [0, 0.05) is 19.7 Å². The molecule has 0 radical (unpaired) electrons. The molecule has 108 valence electrons. The molecule has 0 fully saturated rings. The highest BCUT2D eigenvalue weighted by Crippen LogP contribution is 2.00. The number of amides is 2. The molecule has 1 rings (SSSR count). The number of rotatable bonds is 6. The van der Waals surface area contributed by atoms with Crippen molar-refractivity contribution in [2.24, 2.45) is 0 Å². The van der Waals surface area contributed by atoms with Crippen LogP contribution in [0.15, 0.2) is 36.4 Å². The highest BCUT2D eigenvalue weighted by molar-refractivity contribution is 5.95. The summed E-state index contributed by atoms with van der Waals surface area (Å²) < 4.78 is 0. The van der Waals surface area contributed by atoms with E-state index in [2.05, 4.69) is 5.32 Å². The number of aliphatic hydroxyl groups is 1. The summed E-state index contributed by atoms with van der Waals surface area (Å²) >= 11 is 0. The number of hydrogen-bond donors (Lipinski definition) is 2. The summed E-state index contributed by atoms with van der Waals surface area (Å²) in [4.78, 5) is 24.9. The fourth-order valence-corrected chi connectivity index (χ4v) is 1.65. The molecule has 0 aliphatic heterocycles. The lowest BCUT2D eigenvalue weighted by Gasteiger charge is -2.20. The smallest absolute Gasteiger partial charge is 0.244 e. The Morgan fingerprint density at radius 2 is 2.00 bits per heavy atom. The Balaban J connectivity index is 2.49. The molecule has 0 aliphatic carbocycles. The lowest BCUT2D eigenvalue weighted by atomic mass is 10.2. The maximum absolute atomic E-state index is 11.8. The Hall–Kier alpha value is -2.14. The summed E-state index contributed by atoms with van der Waals surface area (Å²) in [6.45, 7) is 1.76. The summed E-state index contributed by atoms with van der Waals surface area (Å²) in [6, 6.07) is 8.80. The van der Waals surface area contributed by atoms with Crippen molar-refractivity contribution in [2.45, 2.75) is 13.0 Å². The van der Waals surface area contributed by atoms with Crippen LogP contribution in [0.2, 0.25) is 0 Å². The van der Waals surface area contributed by atoms with Crippen LogP contribution in [0.4, 0.5) is 0 Å². The van der Waals surface area contributed by atoms with E-state index in [4.69, 9.17) is 5.11 Å². The SMILES string of the molecule is CC(NC(=O)/C=C/c1ccccc1)C(=O)N(C)CCO. The summed E-state index contributed by atoms with van der Waals surface area (Å²) in [6.07, 6.45) is 3.08. The van der Waals surface area contributed by atoms with E-state index in [0.717, 1.165) is 5.56 Å². The van der Waals surface area contributed by atoms with Crippen molar-refractivity contribution in [2.75, 3.05) is 20.2 Å². The minimum absolute atomic E-state index is 0.100. The standard InChI is InChI=1S/C15H20N2O3/c1-12(15(20)17(2)10-11-18)16-14(19)9-8-13-6-4-3-5-7-13/h3-9,12,18H,10-11H2,1-2H3,(H,16,19)/b9-8+. The number of nitrogens with one attached hydrogen (secondary N) is 1. The van der Waals surface area contributed by atoms with Crippen LogP contribution in [-0.4, -0.2) is 48.1 Å². The number of likely N-dealkylation sites (N-methyl/N-ethyl adjacent to an activating group) is 1. The average Bonchev–Trinajstić information content (AvgIpc) is 2.45. The molecular formula is C15H20N2O3. The van der Waals surface area contributed by atoms with Gasteiger partial charge >= 0.3 is 0 Å². The van der Waals surface area contributed by atoms with Gasteiger partial charge in [-0.1, -0.05) is 30.3 Å². The van der Waals surface area contributed by atoms with E-state index in [0.29, 0.717) is 0 Å². The van der Waals surface area contributed by atoms with Crippen molar-refractivity contribution < 1.29 is 14.7 Å². The molecule has 20 heavy (non-hydrogen) atoms. The van der Waals surface area contributed by atoms with Crippen LogP contribution >= 0.6 is 0 Å². The van der Waals surface area contributed by atoms with E-state index >= 15 is 0 Å². The Morgan fingerprint density at radius 1 is 1.35 bits per heavy atom. The second-order valence-corrected chi connectivity index (χ2v) is 4.46. The number of aliphatic hydroxyl groups excluding tert-OH is 1. The first-order chi connectivity index (χ1) is 9.54. The maximum Gasteiger partial charge on any atom is 0.244 e. The predicted molar refractivity (Wildman–Crippen MR) is 77.8 cm³/mol. The van der Waals surface area contributed by atoms with Crippen molar-refractivity contribution in [1.29, 1.82) is 0 Å². The van der Waals surface area contributed by atoms with Gasteiger partial charge in [-0.05, 0) is 18.6 Å². The predicted octanol–water partition coefficient (Wildman–Crippen LogP) is 0.655. The lowest BCUT2D eigenvalue weighted by Crippen LogP contribution is -2.45. The minimum Gasteiger partial charge on any atom is -0.395 e. The van der Waals surface area contributed by atoms with Crippen molar-refractivity contribution >= 4 is 17.9 Å². The van der Waals surface area contributed by atoms with Gasteiger partial charge in [-0.2, -0.15) is 0 Å². The molecule has 0 saturated heterocycles. The Kier molecular flexibility index (Phi) is 6.46.